The molecule has 0 saturated carbocycles. The van der Waals surface area contributed by atoms with Crippen molar-refractivity contribution in [3.8, 4) is 11.4 Å². The summed E-state index contributed by atoms with van der Waals surface area (Å²) in [4.78, 5) is 1.68. The highest BCUT2D eigenvalue weighted by molar-refractivity contribution is 5.73. The molecule has 0 spiro atoms. The lowest BCUT2D eigenvalue weighted by Gasteiger charge is -2.35. The summed E-state index contributed by atoms with van der Waals surface area (Å²) in [7, 11) is 0. The molecule has 1 aromatic heterocycles. The van der Waals surface area contributed by atoms with Gasteiger partial charge in [0.2, 0.25) is 0 Å². The van der Waals surface area contributed by atoms with Crippen LogP contribution >= 0.6 is 0 Å². The van der Waals surface area contributed by atoms with Crippen LogP contribution < -0.4 is 0 Å². The highest BCUT2D eigenvalue weighted by atomic mass is 16.3. The first-order valence-electron chi connectivity index (χ1n) is 11.6. The molecular weight excluding hydrogens is 406 g/mol. The third-order valence-corrected chi connectivity index (χ3v) is 6.52. The van der Waals surface area contributed by atoms with Crippen LogP contribution in [0.2, 0.25) is 0 Å². The summed E-state index contributed by atoms with van der Waals surface area (Å²) in [6, 6.07) is 22.4. The molecule has 0 aliphatic rings. The Morgan fingerprint density at radius 2 is 1.24 bits per heavy atom. The second kappa shape index (κ2) is 8.02. The predicted molar refractivity (Wildman–Crippen MR) is 136 cm³/mol. The van der Waals surface area contributed by atoms with Crippen LogP contribution in [-0.2, 0) is 10.8 Å². The molecule has 0 fully saturated rings. The van der Waals surface area contributed by atoms with E-state index in [2.05, 4.69) is 82.9 Å². The maximum absolute atomic E-state index is 11.4. The highest BCUT2D eigenvalue weighted by Crippen LogP contribution is 2.45. The standard InChI is InChI=1S/C29H35N3O/c1-27(2,3)19-28(4,5)22-11-10-12-23(26(22)33)29(6,7)20-15-17-21(18-16-20)32-30-24-13-8-9-14-25(24)31-32/h8-18,33H,19H2,1-7H3. The average molecular weight is 442 g/mol. The Bertz CT molecular complexity index is 1240. The van der Waals surface area contributed by atoms with Gasteiger partial charge in [-0.1, -0.05) is 90.9 Å². The number of aromatic hydroxyl groups is 1. The molecule has 4 nitrogen and oxygen atoms in total. The van der Waals surface area contributed by atoms with Crippen molar-refractivity contribution in [1.29, 1.82) is 0 Å². The molecule has 4 aromatic rings. The molecule has 4 rings (SSSR count). The summed E-state index contributed by atoms with van der Waals surface area (Å²) >= 11 is 0. The van der Waals surface area contributed by atoms with E-state index in [1.54, 1.807) is 4.80 Å². The topological polar surface area (TPSA) is 50.9 Å². The Morgan fingerprint density at radius 3 is 1.79 bits per heavy atom. The van der Waals surface area contributed by atoms with Gasteiger partial charge in [-0.3, -0.25) is 0 Å². The van der Waals surface area contributed by atoms with E-state index in [9.17, 15) is 5.11 Å². The molecule has 4 heteroatoms. The van der Waals surface area contributed by atoms with E-state index >= 15 is 0 Å². The van der Waals surface area contributed by atoms with Crippen molar-refractivity contribution in [3.05, 3.63) is 83.4 Å². The predicted octanol–water partition coefficient (Wildman–Crippen LogP) is 7.17. The largest absolute Gasteiger partial charge is 0.507 e. The van der Waals surface area contributed by atoms with Gasteiger partial charge in [-0.15, -0.1) is 10.2 Å². The summed E-state index contributed by atoms with van der Waals surface area (Å²) in [5, 5.41) is 20.6. The number of hydrogen-bond acceptors (Lipinski definition) is 3. The van der Waals surface area contributed by atoms with Gasteiger partial charge >= 0.3 is 0 Å². The van der Waals surface area contributed by atoms with Crippen molar-refractivity contribution in [3.63, 3.8) is 0 Å². The Kier molecular flexibility index (Phi) is 5.60. The lowest BCUT2D eigenvalue weighted by Crippen LogP contribution is -2.26. The Labute approximate surface area is 197 Å². The van der Waals surface area contributed by atoms with Crippen LogP contribution in [0.3, 0.4) is 0 Å². The second-order valence-electron chi connectivity index (χ2n) is 11.5. The number of hydrogen-bond donors (Lipinski definition) is 1. The molecule has 1 N–H and O–H groups in total. The molecule has 0 unspecified atom stereocenters. The van der Waals surface area contributed by atoms with Crippen molar-refractivity contribution in [2.75, 3.05) is 0 Å². The first-order valence-corrected chi connectivity index (χ1v) is 11.6. The normalized spacial score (nSPS) is 12.9. The fourth-order valence-electron chi connectivity index (χ4n) is 5.16. The van der Waals surface area contributed by atoms with E-state index < -0.39 is 0 Å². The average Bonchev–Trinajstić information content (AvgIpc) is 3.16. The molecule has 1 heterocycles. The number of nitrogens with zero attached hydrogens (tertiary/aromatic N) is 3. The fourth-order valence-corrected chi connectivity index (χ4v) is 5.16. The second-order valence-corrected chi connectivity index (χ2v) is 11.5. The van der Waals surface area contributed by atoms with Crippen molar-refractivity contribution in [2.45, 2.75) is 65.7 Å². The quantitative estimate of drug-likeness (QED) is 0.357. The third-order valence-electron chi connectivity index (χ3n) is 6.52. The molecule has 0 bridgehead atoms. The number of fused-ring (bicyclic) bond motifs is 1. The third kappa shape index (κ3) is 4.52. The van der Waals surface area contributed by atoms with Gasteiger partial charge in [0, 0.05) is 11.0 Å². The SMILES string of the molecule is CC(C)(C)CC(C)(C)c1cccc(C(C)(C)c2ccc(-n3nc4ccccc4n3)cc2)c1O. The molecule has 33 heavy (non-hydrogen) atoms. The fraction of sp³-hybridized carbons (Fsp3) is 0.379. The lowest BCUT2D eigenvalue weighted by atomic mass is 9.70. The Hall–Kier alpha value is -3.14. The minimum Gasteiger partial charge on any atom is -0.507 e. The van der Waals surface area contributed by atoms with Gasteiger partial charge in [-0.05, 0) is 52.6 Å². The number of rotatable bonds is 5. The van der Waals surface area contributed by atoms with E-state index in [-0.39, 0.29) is 16.2 Å². The van der Waals surface area contributed by atoms with E-state index in [0.29, 0.717) is 5.75 Å². The molecule has 0 atom stereocenters. The zero-order valence-corrected chi connectivity index (χ0v) is 20.8. The summed E-state index contributed by atoms with van der Waals surface area (Å²) in [5.74, 6) is 0.404. The van der Waals surface area contributed by atoms with Gasteiger partial charge in [0.25, 0.3) is 0 Å². The number of benzene rings is 3. The molecule has 0 aliphatic heterocycles. The van der Waals surface area contributed by atoms with Gasteiger partial charge in [0.15, 0.2) is 0 Å². The molecule has 0 amide bonds. The van der Waals surface area contributed by atoms with Crippen LogP contribution in [0.4, 0.5) is 0 Å². The number of para-hydroxylation sites is 1. The van der Waals surface area contributed by atoms with Crippen LogP contribution in [0.25, 0.3) is 16.7 Å². The molecule has 0 aliphatic carbocycles. The number of phenolic OH excluding ortho intramolecular Hbond substituents is 1. The molecule has 172 valence electrons. The maximum Gasteiger partial charge on any atom is 0.123 e. The van der Waals surface area contributed by atoms with E-state index in [1.165, 1.54) is 0 Å². The number of aromatic nitrogens is 3. The first-order chi connectivity index (χ1) is 15.4. The van der Waals surface area contributed by atoms with Crippen LogP contribution in [0.5, 0.6) is 5.75 Å². The summed E-state index contributed by atoms with van der Waals surface area (Å²) in [5.41, 5.74) is 5.42. The smallest absolute Gasteiger partial charge is 0.123 e. The monoisotopic (exact) mass is 441 g/mol. The van der Waals surface area contributed by atoms with Gasteiger partial charge in [-0.25, -0.2) is 0 Å². The Balaban J connectivity index is 1.68. The minimum absolute atomic E-state index is 0.133. The van der Waals surface area contributed by atoms with Crippen LogP contribution in [0, 0.1) is 5.41 Å². The van der Waals surface area contributed by atoms with Crippen molar-refractivity contribution in [2.24, 2.45) is 5.41 Å². The van der Waals surface area contributed by atoms with Crippen molar-refractivity contribution < 1.29 is 5.11 Å². The van der Waals surface area contributed by atoms with Crippen LogP contribution in [0.1, 0.15) is 71.6 Å². The highest BCUT2D eigenvalue weighted by Gasteiger charge is 2.33. The minimum atomic E-state index is -0.362. The lowest BCUT2D eigenvalue weighted by molar-refractivity contribution is 0.277. The van der Waals surface area contributed by atoms with Gasteiger partial charge < -0.3 is 5.11 Å². The molecule has 0 radical (unpaired) electrons. The summed E-state index contributed by atoms with van der Waals surface area (Å²) in [6.45, 7) is 15.5. The summed E-state index contributed by atoms with van der Waals surface area (Å²) < 4.78 is 0. The van der Waals surface area contributed by atoms with Crippen LogP contribution in [0.15, 0.2) is 66.7 Å². The van der Waals surface area contributed by atoms with Gasteiger partial charge in [0.1, 0.15) is 16.8 Å². The molecule has 0 saturated heterocycles. The van der Waals surface area contributed by atoms with Crippen LogP contribution in [-0.4, -0.2) is 20.1 Å². The maximum atomic E-state index is 11.4. The van der Waals surface area contributed by atoms with Crippen molar-refractivity contribution >= 4 is 11.0 Å². The van der Waals surface area contributed by atoms with Gasteiger partial charge in [0.05, 0.1) is 5.69 Å². The van der Waals surface area contributed by atoms with Gasteiger partial charge in [-0.2, -0.15) is 4.80 Å². The molecular formula is C29H35N3O. The molecule has 3 aromatic carbocycles. The Morgan fingerprint density at radius 1 is 0.697 bits per heavy atom. The van der Waals surface area contributed by atoms with E-state index in [0.717, 1.165) is 39.8 Å². The number of phenols is 1. The van der Waals surface area contributed by atoms with E-state index in [1.807, 2.05) is 42.5 Å². The van der Waals surface area contributed by atoms with E-state index in [4.69, 9.17) is 0 Å². The van der Waals surface area contributed by atoms with Crippen molar-refractivity contribution in [1.82, 2.24) is 15.0 Å². The zero-order valence-electron chi connectivity index (χ0n) is 20.8. The zero-order chi connectivity index (χ0) is 24.0. The summed E-state index contributed by atoms with van der Waals surface area (Å²) in [6.07, 6.45) is 0.983. The first kappa shape index (κ1) is 23.0.